The first-order valence-electron chi connectivity index (χ1n) is 9.54. The molecule has 0 saturated carbocycles. The fourth-order valence-electron chi connectivity index (χ4n) is 2.84. The van der Waals surface area contributed by atoms with Crippen LogP contribution < -0.4 is 5.43 Å². The summed E-state index contributed by atoms with van der Waals surface area (Å²) in [5, 5.41) is 4.00. The van der Waals surface area contributed by atoms with Gasteiger partial charge < -0.3 is 0 Å². The van der Waals surface area contributed by atoms with E-state index in [4.69, 9.17) is 34.8 Å². The molecule has 0 heterocycles. The SMILES string of the molecule is O=C(CN(Cc1c(F)cccc1Cl)S(=O)(=O)c1ccc(Cl)cc1)N/N=C\c1c(F)cccc1Cl. The quantitative estimate of drug-likeness (QED) is 0.309. The number of sulfonamides is 1. The second kappa shape index (κ2) is 11.2. The standard InChI is InChI=1S/C22H16Cl3F2N3O3S/c23-14-7-9-15(10-8-14)34(32,33)30(12-17-19(25)4-2-6-21(17)27)13-22(31)29-28-11-16-18(24)3-1-5-20(16)26/h1-11H,12-13H2,(H,29,31)/b28-11-. The number of amides is 1. The molecule has 3 aromatic carbocycles. The van der Waals surface area contributed by atoms with Crippen LogP contribution >= 0.6 is 34.8 Å². The molecule has 0 atom stereocenters. The number of carbonyl (C=O) groups is 1. The number of nitrogens with zero attached hydrogens (tertiary/aromatic N) is 2. The number of hydrogen-bond donors (Lipinski definition) is 1. The van der Waals surface area contributed by atoms with Gasteiger partial charge in [-0.3, -0.25) is 4.79 Å². The second-order valence-corrected chi connectivity index (χ2v) is 10.0. The van der Waals surface area contributed by atoms with E-state index in [0.717, 1.165) is 22.7 Å². The molecule has 0 aliphatic heterocycles. The Morgan fingerprint density at radius 1 is 0.941 bits per heavy atom. The monoisotopic (exact) mass is 545 g/mol. The van der Waals surface area contributed by atoms with Crippen LogP contribution in [0, 0.1) is 11.6 Å². The van der Waals surface area contributed by atoms with Crippen LogP contribution in [0.2, 0.25) is 15.1 Å². The zero-order chi connectivity index (χ0) is 24.9. The Bertz CT molecular complexity index is 1300. The van der Waals surface area contributed by atoms with E-state index in [9.17, 15) is 22.0 Å². The van der Waals surface area contributed by atoms with Gasteiger partial charge in [-0.25, -0.2) is 22.6 Å². The molecule has 0 aliphatic rings. The van der Waals surface area contributed by atoms with Gasteiger partial charge in [0.25, 0.3) is 5.91 Å². The smallest absolute Gasteiger partial charge is 0.255 e. The van der Waals surface area contributed by atoms with Gasteiger partial charge in [-0.15, -0.1) is 0 Å². The van der Waals surface area contributed by atoms with Gasteiger partial charge >= 0.3 is 0 Å². The van der Waals surface area contributed by atoms with Gasteiger partial charge in [0, 0.05) is 27.7 Å². The van der Waals surface area contributed by atoms with E-state index in [1.807, 2.05) is 0 Å². The molecule has 0 fully saturated rings. The van der Waals surface area contributed by atoms with Crippen LogP contribution in [0.5, 0.6) is 0 Å². The molecule has 34 heavy (non-hydrogen) atoms. The van der Waals surface area contributed by atoms with Crippen molar-refractivity contribution < 1.29 is 22.0 Å². The third-order valence-electron chi connectivity index (χ3n) is 4.55. The van der Waals surface area contributed by atoms with E-state index >= 15 is 0 Å². The summed E-state index contributed by atoms with van der Waals surface area (Å²) in [6.45, 7) is -1.27. The van der Waals surface area contributed by atoms with Crippen molar-refractivity contribution in [1.29, 1.82) is 0 Å². The van der Waals surface area contributed by atoms with Crippen LogP contribution in [-0.2, 0) is 21.4 Å². The lowest BCUT2D eigenvalue weighted by Crippen LogP contribution is -2.39. The van der Waals surface area contributed by atoms with Gasteiger partial charge in [-0.05, 0) is 48.5 Å². The molecular formula is C22H16Cl3F2N3O3S. The van der Waals surface area contributed by atoms with Gasteiger partial charge in [0.15, 0.2) is 0 Å². The van der Waals surface area contributed by atoms with Gasteiger partial charge in [-0.2, -0.15) is 9.41 Å². The van der Waals surface area contributed by atoms with Crippen LogP contribution in [0.4, 0.5) is 8.78 Å². The lowest BCUT2D eigenvalue weighted by Gasteiger charge is -2.22. The summed E-state index contributed by atoms with van der Waals surface area (Å²) >= 11 is 17.8. The number of benzene rings is 3. The fourth-order valence-corrected chi connectivity index (χ4v) is 4.76. The number of rotatable bonds is 8. The summed E-state index contributed by atoms with van der Waals surface area (Å²) < 4.78 is 55.4. The Balaban J connectivity index is 1.86. The van der Waals surface area contributed by atoms with Crippen LogP contribution in [0.3, 0.4) is 0 Å². The second-order valence-electron chi connectivity index (χ2n) is 6.86. The van der Waals surface area contributed by atoms with Gasteiger partial charge in [-0.1, -0.05) is 46.9 Å². The number of carbonyl (C=O) groups excluding carboxylic acids is 1. The van der Waals surface area contributed by atoms with E-state index in [0.29, 0.717) is 5.02 Å². The molecule has 178 valence electrons. The maximum Gasteiger partial charge on any atom is 0.255 e. The lowest BCUT2D eigenvalue weighted by molar-refractivity contribution is -0.121. The molecule has 0 aliphatic carbocycles. The predicted molar refractivity (Wildman–Crippen MR) is 128 cm³/mol. The predicted octanol–water partition coefficient (Wildman–Crippen LogP) is 5.27. The van der Waals surface area contributed by atoms with E-state index < -0.39 is 40.7 Å². The van der Waals surface area contributed by atoms with Crippen molar-refractivity contribution in [1.82, 2.24) is 9.73 Å². The summed E-state index contributed by atoms with van der Waals surface area (Å²) in [7, 11) is -4.28. The average molecular weight is 547 g/mol. The van der Waals surface area contributed by atoms with Crippen molar-refractivity contribution in [2.24, 2.45) is 5.10 Å². The minimum absolute atomic E-state index is 0.0103. The third-order valence-corrected chi connectivity index (χ3v) is 7.29. The zero-order valence-corrected chi connectivity index (χ0v) is 20.3. The molecule has 0 bridgehead atoms. The summed E-state index contributed by atoms with van der Waals surface area (Å²) in [6.07, 6.45) is 0.987. The molecule has 0 spiro atoms. The maximum atomic E-state index is 14.4. The first kappa shape index (κ1) is 26.1. The molecule has 0 radical (unpaired) electrons. The van der Waals surface area contributed by atoms with E-state index in [1.54, 1.807) is 0 Å². The van der Waals surface area contributed by atoms with Crippen LogP contribution in [-0.4, -0.2) is 31.4 Å². The van der Waals surface area contributed by atoms with Crippen molar-refractivity contribution >= 4 is 56.9 Å². The molecule has 3 rings (SSSR count). The Morgan fingerprint density at radius 3 is 2.18 bits per heavy atom. The number of hydrogen-bond acceptors (Lipinski definition) is 4. The summed E-state index contributed by atoms with van der Waals surface area (Å²) in [4.78, 5) is 12.3. The molecule has 3 aromatic rings. The minimum atomic E-state index is -4.28. The molecule has 0 saturated heterocycles. The van der Waals surface area contributed by atoms with E-state index in [2.05, 4.69) is 10.5 Å². The van der Waals surface area contributed by atoms with Gasteiger partial charge in [0.05, 0.1) is 22.7 Å². The molecule has 12 heteroatoms. The van der Waals surface area contributed by atoms with Crippen molar-refractivity contribution in [3.05, 3.63) is 98.5 Å². The Hall–Kier alpha value is -2.56. The van der Waals surface area contributed by atoms with Gasteiger partial charge in [0.2, 0.25) is 10.0 Å². The number of halogens is 5. The van der Waals surface area contributed by atoms with Crippen LogP contribution in [0.25, 0.3) is 0 Å². The van der Waals surface area contributed by atoms with Gasteiger partial charge in [0.1, 0.15) is 11.6 Å². The zero-order valence-electron chi connectivity index (χ0n) is 17.2. The highest BCUT2D eigenvalue weighted by atomic mass is 35.5. The maximum absolute atomic E-state index is 14.4. The number of nitrogens with one attached hydrogen (secondary N) is 1. The summed E-state index contributed by atoms with van der Waals surface area (Å²) in [6, 6.07) is 13.1. The number of hydrazone groups is 1. The van der Waals surface area contributed by atoms with E-state index in [1.165, 1.54) is 48.5 Å². The average Bonchev–Trinajstić information content (AvgIpc) is 2.78. The molecule has 0 unspecified atom stereocenters. The lowest BCUT2D eigenvalue weighted by atomic mass is 10.2. The molecular weight excluding hydrogens is 531 g/mol. The summed E-state index contributed by atoms with van der Waals surface area (Å²) in [5.41, 5.74) is 1.94. The highest BCUT2D eigenvalue weighted by Crippen LogP contribution is 2.25. The van der Waals surface area contributed by atoms with Crippen LogP contribution in [0.1, 0.15) is 11.1 Å². The van der Waals surface area contributed by atoms with Crippen molar-refractivity contribution in [2.75, 3.05) is 6.54 Å². The van der Waals surface area contributed by atoms with Crippen molar-refractivity contribution in [2.45, 2.75) is 11.4 Å². The topological polar surface area (TPSA) is 78.8 Å². The van der Waals surface area contributed by atoms with Crippen LogP contribution in [0.15, 0.2) is 70.7 Å². The highest BCUT2D eigenvalue weighted by molar-refractivity contribution is 7.89. The van der Waals surface area contributed by atoms with Crippen molar-refractivity contribution in [3.8, 4) is 0 Å². The van der Waals surface area contributed by atoms with Crippen molar-refractivity contribution in [3.63, 3.8) is 0 Å². The fraction of sp³-hybridized carbons (Fsp3) is 0.0909. The summed E-state index contributed by atoms with van der Waals surface area (Å²) in [5.74, 6) is -2.27. The highest BCUT2D eigenvalue weighted by Gasteiger charge is 2.28. The Morgan fingerprint density at radius 2 is 1.56 bits per heavy atom. The third kappa shape index (κ3) is 6.31. The normalized spacial score (nSPS) is 11.8. The van der Waals surface area contributed by atoms with E-state index in [-0.39, 0.29) is 26.1 Å². The minimum Gasteiger partial charge on any atom is -0.272 e. The largest absolute Gasteiger partial charge is 0.272 e. The molecule has 1 amide bonds. The Kier molecular flexibility index (Phi) is 8.62. The molecule has 0 aromatic heterocycles. The first-order valence-corrected chi connectivity index (χ1v) is 12.1. The molecule has 1 N–H and O–H groups in total. The first-order chi connectivity index (χ1) is 16.1. The Labute approximate surface area is 209 Å². The molecule has 6 nitrogen and oxygen atoms in total.